The summed E-state index contributed by atoms with van der Waals surface area (Å²) in [6, 6.07) is 0. The highest BCUT2D eigenvalue weighted by molar-refractivity contribution is 5.91. The van der Waals surface area contributed by atoms with Crippen molar-refractivity contribution in [2.75, 3.05) is 19.6 Å². The molecule has 0 aliphatic carbocycles. The summed E-state index contributed by atoms with van der Waals surface area (Å²) < 4.78 is 1.70. The van der Waals surface area contributed by atoms with Crippen LogP contribution in [0.2, 0.25) is 0 Å². The van der Waals surface area contributed by atoms with Crippen LogP contribution in [-0.4, -0.2) is 45.4 Å². The van der Waals surface area contributed by atoms with Crippen molar-refractivity contribution in [2.24, 2.45) is 11.3 Å². The third-order valence-corrected chi connectivity index (χ3v) is 3.98. The quantitative estimate of drug-likeness (QED) is 0.473. The molecule has 1 aromatic rings. The first-order valence-corrected chi connectivity index (χ1v) is 7.14. The van der Waals surface area contributed by atoms with Gasteiger partial charge in [-0.1, -0.05) is 19.1 Å². The Hall–Kier alpha value is -1.47. The Kier molecular flexibility index (Phi) is 4.72. The van der Waals surface area contributed by atoms with Gasteiger partial charge in [-0.05, 0) is 37.8 Å². The Balaban J connectivity index is 1.83. The fourth-order valence-corrected chi connectivity index (χ4v) is 2.53. The minimum atomic E-state index is -0.409. The van der Waals surface area contributed by atoms with Crippen molar-refractivity contribution >= 4 is 5.91 Å². The largest absolute Gasteiger partial charge is 0.301 e. The lowest BCUT2D eigenvalue weighted by atomic mass is 9.85. The van der Waals surface area contributed by atoms with E-state index in [-0.39, 0.29) is 5.69 Å². The molecule has 0 atom stereocenters. The first-order chi connectivity index (χ1) is 9.50. The van der Waals surface area contributed by atoms with E-state index in [1.165, 1.54) is 19.3 Å². The zero-order valence-electron chi connectivity index (χ0n) is 12.3. The maximum Gasteiger partial charge on any atom is 0.287 e. The van der Waals surface area contributed by atoms with Crippen molar-refractivity contribution in [3.8, 4) is 0 Å². The minimum absolute atomic E-state index is 0.254. The zero-order valence-corrected chi connectivity index (χ0v) is 12.3. The summed E-state index contributed by atoms with van der Waals surface area (Å²) in [7, 11) is 0. The average Bonchev–Trinajstić information content (AvgIpc) is 2.82. The molecule has 2 rings (SSSR count). The van der Waals surface area contributed by atoms with Crippen molar-refractivity contribution in [1.29, 1.82) is 0 Å². The van der Waals surface area contributed by atoms with Crippen LogP contribution in [0.5, 0.6) is 0 Å². The van der Waals surface area contributed by atoms with Gasteiger partial charge in [0.1, 0.15) is 0 Å². The fraction of sp³-hybridized carbons (Fsp3) is 0.769. The molecular weight excluding hydrogens is 256 g/mol. The summed E-state index contributed by atoms with van der Waals surface area (Å²) in [4.78, 5) is 13.7. The summed E-state index contributed by atoms with van der Waals surface area (Å²) in [5.41, 5.74) is 2.76. The second-order valence-electron chi connectivity index (χ2n) is 6.20. The number of nitrogens with two attached hydrogens (primary N) is 1. The summed E-state index contributed by atoms with van der Waals surface area (Å²) in [5.74, 6) is 4.65. The monoisotopic (exact) mass is 280 g/mol. The first-order valence-electron chi connectivity index (χ1n) is 7.14. The lowest BCUT2D eigenvalue weighted by Crippen LogP contribution is -2.30. The van der Waals surface area contributed by atoms with Crippen LogP contribution in [0, 0.1) is 5.41 Å². The van der Waals surface area contributed by atoms with E-state index in [0.717, 1.165) is 26.2 Å². The van der Waals surface area contributed by atoms with Gasteiger partial charge in [0.2, 0.25) is 0 Å². The van der Waals surface area contributed by atoms with Crippen molar-refractivity contribution in [3.63, 3.8) is 0 Å². The number of hydrogen-bond acceptors (Lipinski definition) is 5. The van der Waals surface area contributed by atoms with Crippen LogP contribution in [-0.2, 0) is 6.54 Å². The Bertz CT molecular complexity index is 455. The Morgan fingerprint density at radius 2 is 2.20 bits per heavy atom. The predicted octanol–water partition coefficient (Wildman–Crippen LogP) is 0.394. The van der Waals surface area contributed by atoms with Gasteiger partial charge >= 0.3 is 0 Å². The average molecular weight is 280 g/mol. The second-order valence-corrected chi connectivity index (χ2v) is 6.20. The number of carbonyl (C=O) groups excluding carboxylic acids is 1. The molecule has 1 aliphatic heterocycles. The Labute approximate surface area is 119 Å². The number of aromatic nitrogens is 3. The van der Waals surface area contributed by atoms with Gasteiger partial charge in [-0.3, -0.25) is 14.9 Å². The molecule has 0 spiro atoms. The van der Waals surface area contributed by atoms with E-state index in [1.807, 2.05) is 0 Å². The standard InChI is InChI=1S/C13H24N6O/c1-13(2)4-3-6-18(7-5-13)8-9-19-10-11(16-17-19)12(20)15-14/h10H,3-9,14H2,1-2H3,(H,15,20). The molecule has 0 aromatic carbocycles. The van der Waals surface area contributed by atoms with Crippen molar-refractivity contribution in [1.82, 2.24) is 25.3 Å². The molecule has 112 valence electrons. The van der Waals surface area contributed by atoms with Crippen LogP contribution >= 0.6 is 0 Å². The van der Waals surface area contributed by atoms with E-state index in [0.29, 0.717) is 5.41 Å². The topological polar surface area (TPSA) is 89.1 Å². The number of hydrazine groups is 1. The van der Waals surface area contributed by atoms with E-state index < -0.39 is 5.91 Å². The fourth-order valence-electron chi connectivity index (χ4n) is 2.53. The Morgan fingerprint density at radius 3 is 2.95 bits per heavy atom. The minimum Gasteiger partial charge on any atom is -0.301 e. The van der Waals surface area contributed by atoms with E-state index in [2.05, 4.69) is 34.5 Å². The third kappa shape index (κ3) is 4.01. The lowest BCUT2D eigenvalue weighted by molar-refractivity contribution is 0.0948. The van der Waals surface area contributed by atoms with Crippen LogP contribution in [0.4, 0.5) is 0 Å². The number of nitrogens with one attached hydrogen (secondary N) is 1. The van der Waals surface area contributed by atoms with Crippen LogP contribution in [0.3, 0.4) is 0 Å². The van der Waals surface area contributed by atoms with Gasteiger partial charge in [-0.25, -0.2) is 5.84 Å². The maximum atomic E-state index is 11.3. The van der Waals surface area contributed by atoms with Crippen molar-refractivity contribution in [3.05, 3.63) is 11.9 Å². The molecule has 3 N–H and O–H groups in total. The van der Waals surface area contributed by atoms with Gasteiger partial charge in [0.25, 0.3) is 5.91 Å². The lowest BCUT2D eigenvalue weighted by Gasteiger charge is -2.23. The molecule has 2 heterocycles. The van der Waals surface area contributed by atoms with Gasteiger partial charge in [0.15, 0.2) is 5.69 Å². The number of carbonyl (C=O) groups is 1. The van der Waals surface area contributed by atoms with Gasteiger partial charge in [-0.15, -0.1) is 5.10 Å². The third-order valence-electron chi connectivity index (χ3n) is 3.98. The molecule has 1 fully saturated rings. The summed E-state index contributed by atoms with van der Waals surface area (Å²) in [6.45, 7) is 8.61. The molecule has 0 unspecified atom stereocenters. The number of nitrogen functional groups attached to an aromatic ring is 1. The van der Waals surface area contributed by atoms with E-state index in [9.17, 15) is 4.79 Å². The SMILES string of the molecule is CC1(C)CCCN(CCn2cc(C(=O)NN)nn2)CC1. The molecule has 0 radical (unpaired) electrons. The van der Waals surface area contributed by atoms with Crippen molar-refractivity contribution in [2.45, 2.75) is 39.7 Å². The molecule has 7 heteroatoms. The molecule has 1 aliphatic rings. The number of rotatable bonds is 4. The van der Waals surface area contributed by atoms with Gasteiger partial charge < -0.3 is 4.90 Å². The number of likely N-dealkylation sites (tertiary alicyclic amines) is 1. The molecule has 1 amide bonds. The second kappa shape index (κ2) is 6.32. The van der Waals surface area contributed by atoms with Gasteiger partial charge in [0.05, 0.1) is 12.7 Å². The smallest absolute Gasteiger partial charge is 0.287 e. The first kappa shape index (κ1) is 14.9. The summed E-state index contributed by atoms with van der Waals surface area (Å²) in [6.07, 6.45) is 5.38. The van der Waals surface area contributed by atoms with E-state index in [4.69, 9.17) is 5.84 Å². The summed E-state index contributed by atoms with van der Waals surface area (Å²) in [5, 5.41) is 7.74. The predicted molar refractivity (Wildman–Crippen MR) is 75.7 cm³/mol. The van der Waals surface area contributed by atoms with Crippen LogP contribution in [0.15, 0.2) is 6.20 Å². The normalized spacial score (nSPS) is 19.6. The highest BCUT2D eigenvalue weighted by atomic mass is 16.2. The highest BCUT2D eigenvalue weighted by Crippen LogP contribution is 2.29. The number of nitrogens with zero attached hydrogens (tertiary/aromatic N) is 4. The molecule has 0 bridgehead atoms. The molecule has 1 aromatic heterocycles. The number of hydrogen-bond donors (Lipinski definition) is 2. The Morgan fingerprint density at radius 1 is 1.40 bits per heavy atom. The van der Waals surface area contributed by atoms with Crippen LogP contribution in [0.1, 0.15) is 43.6 Å². The molecule has 7 nitrogen and oxygen atoms in total. The number of amides is 1. The van der Waals surface area contributed by atoms with E-state index in [1.54, 1.807) is 10.9 Å². The maximum absolute atomic E-state index is 11.3. The van der Waals surface area contributed by atoms with E-state index >= 15 is 0 Å². The molecule has 0 saturated carbocycles. The van der Waals surface area contributed by atoms with Gasteiger partial charge in [0, 0.05) is 6.54 Å². The molecule has 1 saturated heterocycles. The van der Waals surface area contributed by atoms with Crippen molar-refractivity contribution < 1.29 is 4.79 Å². The summed E-state index contributed by atoms with van der Waals surface area (Å²) >= 11 is 0. The van der Waals surface area contributed by atoms with Crippen LogP contribution in [0.25, 0.3) is 0 Å². The van der Waals surface area contributed by atoms with Gasteiger partial charge in [-0.2, -0.15) is 0 Å². The molecule has 20 heavy (non-hydrogen) atoms. The molecular formula is C13H24N6O. The zero-order chi connectivity index (χ0) is 14.6. The van der Waals surface area contributed by atoms with Crippen LogP contribution < -0.4 is 11.3 Å². The highest BCUT2D eigenvalue weighted by Gasteiger charge is 2.22.